The Labute approximate surface area is 194 Å². The summed E-state index contributed by atoms with van der Waals surface area (Å²) >= 11 is 1.37. The molecule has 6 nitrogen and oxygen atoms in total. The normalized spacial score (nSPS) is 12.3. The lowest BCUT2D eigenvalue weighted by Crippen LogP contribution is -2.36. The van der Waals surface area contributed by atoms with Crippen molar-refractivity contribution >= 4 is 32.4 Å². The summed E-state index contributed by atoms with van der Waals surface area (Å²) in [6, 6.07) is 15.3. The smallest absolute Gasteiger partial charge is 0.257 e. The lowest BCUT2D eigenvalue weighted by Gasteiger charge is -2.26. The minimum Gasteiger partial charge on any atom is -0.298 e. The van der Waals surface area contributed by atoms with E-state index in [1.54, 1.807) is 0 Å². The Balaban J connectivity index is 1.77. The van der Waals surface area contributed by atoms with Crippen molar-refractivity contribution in [2.24, 2.45) is 0 Å². The molecule has 1 aromatic heterocycles. The Hall–Kier alpha value is -2.55. The highest BCUT2D eigenvalue weighted by Gasteiger charge is 2.27. The number of rotatable bonds is 7. The molecule has 0 aliphatic carbocycles. The topological polar surface area (TPSA) is 79.4 Å². The molecular weight excluding hydrogens is 442 g/mol. The first-order valence-electron chi connectivity index (χ1n) is 10.4. The monoisotopic (exact) mass is 471 g/mol. The SMILES string of the molecule is CC(C)N(Cc1ccccc1)S(=O)(=O)c1ccc(C(=O)Nc2nc(C(C)(C)C)cs2)cc1. The van der Waals surface area contributed by atoms with Gasteiger partial charge in [-0.25, -0.2) is 13.4 Å². The van der Waals surface area contributed by atoms with Crippen LogP contribution in [0.15, 0.2) is 64.9 Å². The van der Waals surface area contributed by atoms with Crippen LogP contribution in [0.4, 0.5) is 5.13 Å². The van der Waals surface area contributed by atoms with Gasteiger partial charge in [0.05, 0.1) is 10.6 Å². The lowest BCUT2D eigenvalue weighted by molar-refractivity contribution is 0.102. The number of hydrogen-bond donors (Lipinski definition) is 1. The molecule has 0 aliphatic heterocycles. The Kier molecular flexibility index (Phi) is 7.17. The highest BCUT2D eigenvalue weighted by molar-refractivity contribution is 7.89. The number of carbonyl (C=O) groups is 1. The molecule has 0 saturated heterocycles. The van der Waals surface area contributed by atoms with Crippen molar-refractivity contribution in [3.63, 3.8) is 0 Å². The molecule has 3 rings (SSSR count). The first kappa shape index (κ1) is 24.1. The summed E-state index contributed by atoms with van der Waals surface area (Å²) < 4.78 is 28.0. The van der Waals surface area contributed by atoms with Gasteiger partial charge >= 0.3 is 0 Å². The van der Waals surface area contributed by atoms with Crippen molar-refractivity contribution in [1.82, 2.24) is 9.29 Å². The Morgan fingerprint density at radius 3 is 2.22 bits per heavy atom. The molecule has 1 N–H and O–H groups in total. The van der Waals surface area contributed by atoms with Crippen LogP contribution in [0.25, 0.3) is 0 Å². The Morgan fingerprint density at radius 1 is 1.06 bits per heavy atom. The quantitative estimate of drug-likeness (QED) is 0.508. The molecule has 2 aromatic carbocycles. The van der Waals surface area contributed by atoms with E-state index in [2.05, 4.69) is 31.1 Å². The number of hydrogen-bond acceptors (Lipinski definition) is 5. The first-order valence-corrected chi connectivity index (χ1v) is 12.7. The van der Waals surface area contributed by atoms with E-state index in [4.69, 9.17) is 0 Å². The fourth-order valence-electron chi connectivity index (χ4n) is 3.07. The van der Waals surface area contributed by atoms with Gasteiger partial charge < -0.3 is 0 Å². The van der Waals surface area contributed by atoms with Crippen LogP contribution < -0.4 is 5.32 Å². The van der Waals surface area contributed by atoms with E-state index in [1.165, 1.54) is 39.9 Å². The second-order valence-corrected chi connectivity index (χ2v) is 11.6. The van der Waals surface area contributed by atoms with Gasteiger partial charge in [-0.05, 0) is 43.7 Å². The van der Waals surface area contributed by atoms with Gasteiger partial charge in [0.15, 0.2) is 5.13 Å². The summed E-state index contributed by atoms with van der Waals surface area (Å²) in [6.07, 6.45) is 0. The number of benzene rings is 2. The minimum absolute atomic E-state index is 0.0997. The Bertz CT molecular complexity index is 1160. The van der Waals surface area contributed by atoms with Crippen LogP contribution in [0.2, 0.25) is 0 Å². The summed E-state index contributed by atoms with van der Waals surface area (Å²) in [6.45, 7) is 10.2. The molecule has 1 heterocycles. The standard InChI is InChI=1S/C24H29N3O3S2/c1-17(2)27(15-18-9-7-6-8-10-18)32(29,30)20-13-11-19(12-14-20)22(28)26-23-25-21(16-31-23)24(3,4)5/h6-14,16-17H,15H2,1-5H3,(H,25,26,28). The summed E-state index contributed by atoms with van der Waals surface area (Å²) in [4.78, 5) is 17.2. The summed E-state index contributed by atoms with van der Waals surface area (Å²) in [7, 11) is -3.72. The highest BCUT2D eigenvalue weighted by atomic mass is 32.2. The maximum atomic E-state index is 13.3. The Morgan fingerprint density at radius 2 is 1.69 bits per heavy atom. The van der Waals surface area contributed by atoms with Gasteiger partial charge in [-0.15, -0.1) is 11.3 Å². The maximum Gasteiger partial charge on any atom is 0.257 e. The molecule has 1 amide bonds. The molecule has 0 aliphatic rings. The van der Waals surface area contributed by atoms with E-state index in [-0.39, 0.29) is 28.8 Å². The minimum atomic E-state index is -3.72. The van der Waals surface area contributed by atoms with Crippen LogP contribution in [0, 0.1) is 0 Å². The van der Waals surface area contributed by atoms with Crippen molar-refractivity contribution in [3.8, 4) is 0 Å². The van der Waals surface area contributed by atoms with Crippen LogP contribution in [0.5, 0.6) is 0 Å². The number of nitrogens with zero attached hydrogens (tertiary/aromatic N) is 2. The molecule has 0 bridgehead atoms. The van der Waals surface area contributed by atoms with Crippen molar-refractivity contribution in [3.05, 3.63) is 76.8 Å². The van der Waals surface area contributed by atoms with Crippen LogP contribution in [-0.4, -0.2) is 29.7 Å². The van der Waals surface area contributed by atoms with Gasteiger partial charge in [0, 0.05) is 28.9 Å². The van der Waals surface area contributed by atoms with Crippen LogP contribution >= 0.6 is 11.3 Å². The van der Waals surface area contributed by atoms with Crippen molar-refractivity contribution in [2.45, 2.75) is 57.5 Å². The van der Waals surface area contributed by atoms with E-state index in [0.29, 0.717) is 10.7 Å². The number of aromatic nitrogens is 1. The van der Waals surface area contributed by atoms with Gasteiger partial charge in [-0.3, -0.25) is 10.1 Å². The van der Waals surface area contributed by atoms with Gasteiger partial charge in [0.2, 0.25) is 10.0 Å². The van der Waals surface area contributed by atoms with E-state index in [9.17, 15) is 13.2 Å². The second kappa shape index (κ2) is 9.52. The number of anilines is 1. The average Bonchev–Trinajstić information content (AvgIpc) is 3.21. The number of amides is 1. The maximum absolute atomic E-state index is 13.3. The van der Waals surface area contributed by atoms with Crippen molar-refractivity contribution in [1.29, 1.82) is 0 Å². The third-order valence-electron chi connectivity index (χ3n) is 4.97. The van der Waals surface area contributed by atoms with E-state index in [1.807, 2.05) is 49.6 Å². The highest BCUT2D eigenvalue weighted by Crippen LogP contribution is 2.27. The molecule has 0 unspecified atom stereocenters. The fraction of sp³-hybridized carbons (Fsp3) is 0.333. The predicted octanol–water partition coefficient (Wildman–Crippen LogP) is 5.29. The predicted molar refractivity (Wildman–Crippen MR) is 130 cm³/mol. The fourth-order valence-corrected chi connectivity index (χ4v) is 5.62. The molecule has 32 heavy (non-hydrogen) atoms. The number of carbonyl (C=O) groups excluding carboxylic acids is 1. The van der Waals surface area contributed by atoms with Gasteiger partial charge in [0.1, 0.15) is 0 Å². The molecule has 0 fully saturated rings. The summed E-state index contributed by atoms with van der Waals surface area (Å²) in [5, 5.41) is 5.24. The van der Waals surface area contributed by atoms with E-state index < -0.39 is 10.0 Å². The van der Waals surface area contributed by atoms with Crippen LogP contribution in [0.3, 0.4) is 0 Å². The molecule has 0 atom stereocenters. The zero-order chi connectivity index (χ0) is 23.5. The lowest BCUT2D eigenvalue weighted by atomic mass is 9.93. The van der Waals surface area contributed by atoms with Crippen LogP contribution in [0.1, 0.15) is 56.2 Å². The van der Waals surface area contributed by atoms with E-state index >= 15 is 0 Å². The number of sulfonamides is 1. The molecule has 3 aromatic rings. The molecule has 170 valence electrons. The van der Waals surface area contributed by atoms with Gasteiger partial charge in [0.25, 0.3) is 5.91 Å². The third kappa shape index (κ3) is 5.62. The third-order valence-corrected chi connectivity index (χ3v) is 7.77. The zero-order valence-corrected chi connectivity index (χ0v) is 20.6. The largest absolute Gasteiger partial charge is 0.298 e. The average molecular weight is 472 g/mol. The van der Waals surface area contributed by atoms with Crippen molar-refractivity contribution in [2.75, 3.05) is 5.32 Å². The van der Waals surface area contributed by atoms with Crippen molar-refractivity contribution < 1.29 is 13.2 Å². The molecule has 0 saturated carbocycles. The summed E-state index contributed by atoms with van der Waals surface area (Å²) in [5.74, 6) is -0.325. The van der Waals surface area contributed by atoms with Crippen LogP contribution in [-0.2, 0) is 22.0 Å². The summed E-state index contributed by atoms with van der Waals surface area (Å²) in [5.41, 5.74) is 2.10. The molecule has 0 spiro atoms. The number of thiazole rings is 1. The molecule has 0 radical (unpaired) electrons. The first-order chi connectivity index (χ1) is 15.0. The van der Waals surface area contributed by atoms with Gasteiger partial charge in [-0.2, -0.15) is 4.31 Å². The molecular formula is C24H29N3O3S2. The van der Waals surface area contributed by atoms with Gasteiger partial charge in [-0.1, -0.05) is 51.1 Å². The molecule has 8 heteroatoms. The van der Waals surface area contributed by atoms with E-state index in [0.717, 1.165) is 11.3 Å². The number of nitrogens with one attached hydrogen (secondary N) is 1. The zero-order valence-electron chi connectivity index (χ0n) is 19.0. The second-order valence-electron chi connectivity index (χ2n) is 8.90.